The molecule has 0 spiro atoms. The van der Waals surface area contributed by atoms with E-state index in [4.69, 9.17) is 5.10 Å². The Morgan fingerprint density at radius 2 is 1.71 bits per heavy atom. The molecule has 2 aromatic rings. The van der Waals surface area contributed by atoms with Crippen molar-refractivity contribution in [2.24, 2.45) is 11.3 Å². The van der Waals surface area contributed by atoms with Gasteiger partial charge in [0.05, 0.1) is 5.69 Å². The monoisotopic (exact) mass is 568 g/mol. The van der Waals surface area contributed by atoms with Crippen molar-refractivity contribution in [2.75, 3.05) is 33.2 Å². The first-order valence-corrected chi connectivity index (χ1v) is 16.0. The van der Waals surface area contributed by atoms with Gasteiger partial charge in [-0.15, -0.1) is 0 Å². The SMILES string of the molecule is CC(C)(C)C(C(=O)O)N1CCC(c2cccc(F)c2)C1.CCn1nc(CC2CCCCC2)cc1C1CCN(C)CC1. The summed E-state index contributed by atoms with van der Waals surface area (Å²) < 4.78 is 15.6. The summed E-state index contributed by atoms with van der Waals surface area (Å²) >= 11 is 0. The van der Waals surface area contributed by atoms with Gasteiger partial charge in [0.1, 0.15) is 11.9 Å². The fourth-order valence-electron chi connectivity index (χ4n) is 7.29. The van der Waals surface area contributed by atoms with E-state index in [2.05, 4.69) is 29.6 Å². The Morgan fingerprint density at radius 1 is 1.02 bits per heavy atom. The van der Waals surface area contributed by atoms with Crippen molar-refractivity contribution in [3.05, 3.63) is 53.1 Å². The van der Waals surface area contributed by atoms with Gasteiger partial charge in [0, 0.05) is 24.7 Å². The summed E-state index contributed by atoms with van der Waals surface area (Å²) in [7, 11) is 2.24. The fourth-order valence-corrected chi connectivity index (χ4v) is 7.29. The van der Waals surface area contributed by atoms with E-state index in [1.54, 1.807) is 12.1 Å². The maximum atomic E-state index is 13.3. The average Bonchev–Trinajstić information content (AvgIpc) is 3.56. The van der Waals surface area contributed by atoms with Crippen LogP contribution < -0.4 is 0 Å². The number of carboxylic acids is 1. The number of hydrogen-bond acceptors (Lipinski definition) is 4. The van der Waals surface area contributed by atoms with Gasteiger partial charge in [0.2, 0.25) is 0 Å². The summed E-state index contributed by atoms with van der Waals surface area (Å²) in [5.74, 6) is 0.830. The number of hydrogen-bond donors (Lipinski definition) is 1. The average molecular weight is 569 g/mol. The lowest BCUT2D eigenvalue weighted by Crippen LogP contribution is -2.48. The van der Waals surface area contributed by atoms with E-state index in [0.29, 0.717) is 6.54 Å². The van der Waals surface area contributed by atoms with Crippen molar-refractivity contribution in [3.63, 3.8) is 0 Å². The van der Waals surface area contributed by atoms with Crippen LogP contribution in [0.5, 0.6) is 0 Å². The minimum Gasteiger partial charge on any atom is -0.480 e. The quantitative estimate of drug-likeness (QED) is 0.392. The first-order valence-electron chi connectivity index (χ1n) is 16.0. The molecule has 3 heterocycles. The molecule has 1 aliphatic carbocycles. The van der Waals surface area contributed by atoms with Gasteiger partial charge in [-0.3, -0.25) is 14.4 Å². The predicted octanol–water partition coefficient (Wildman–Crippen LogP) is 6.95. The summed E-state index contributed by atoms with van der Waals surface area (Å²) in [5, 5.41) is 14.4. The highest BCUT2D eigenvalue weighted by molar-refractivity contribution is 5.74. The van der Waals surface area contributed by atoms with Gasteiger partial charge >= 0.3 is 5.97 Å². The van der Waals surface area contributed by atoms with Crippen LogP contribution in [0.3, 0.4) is 0 Å². The lowest BCUT2D eigenvalue weighted by Gasteiger charge is -2.34. The van der Waals surface area contributed by atoms with Crippen molar-refractivity contribution in [2.45, 2.75) is 110 Å². The van der Waals surface area contributed by atoms with Crippen LogP contribution in [-0.2, 0) is 17.8 Å². The van der Waals surface area contributed by atoms with Crippen LogP contribution in [0.15, 0.2) is 30.3 Å². The molecule has 2 atom stereocenters. The van der Waals surface area contributed by atoms with Crippen LogP contribution in [0.4, 0.5) is 4.39 Å². The topological polar surface area (TPSA) is 61.6 Å². The van der Waals surface area contributed by atoms with E-state index in [1.165, 1.54) is 81.9 Å². The molecule has 41 heavy (non-hydrogen) atoms. The molecule has 3 aliphatic rings. The van der Waals surface area contributed by atoms with Crippen LogP contribution in [0.25, 0.3) is 0 Å². The summed E-state index contributed by atoms with van der Waals surface area (Å²) in [5.41, 5.74) is 3.52. The van der Waals surface area contributed by atoms with Gasteiger partial charge in [-0.25, -0.2) is 4.39 Å². The van der Waals surface area contributed by atoms with Crippen molar-refractivity contribution in [3.8, 4) is 0 Å². The highest BCUT2D eigenvalue weighted by atomic mass is 19.1. The van der Waals surface area contributed by atoms with Crippen molar-refractivity contribution in [1.82, 2.24) is 19.6 Å². The van der Waals surface area contributed by atoms with Crippen LogP contribution in [0.2, 0.25) is 0 Å². The Kier molecular flexibility index (Phi) is 11.0. The summed E-state index contributed by atoms with van der Waals surface area (Å²) in [6, 6.07) is 8.57. The second-order valence-corrected chi connectivity index (χ2v) is 13.8. The maximum absolute atomic E-state index is 13.3. The third-order valence-electron chi connectivity index (χ3n) is 9.48. The Balaban J connectivity index is 0.000000189. The van der Waals surface area contributed by atoms with Crippen LogP contribution in [0.1, 0.15) is 108 Å². The second-order valence-electron chi connectivity index (χ2n) is 13.8. The van der Waals surface area contributed by atoms with Crippen molar-refractivity contribution >= 4 is 5.97 Å². The number of nitrogens with zero attached hydrogens (tertiary/aromatic N) is 4. The summed E-state index contributed by atoms with van der Waals surface area (Å²) in [6.07, 6.45) is 11.8. The highest BCUT2D eigenvalue weighted by Gasteiger charge is 2.40. The zero-order valence-corrected chi connectivity index (χ0v) is 26.1. The molecule has 228 valence electrons. The number of carboxylic acid groups (broad SMARTS) is 1. The molecule has 2 saturated heterocycles. The first-order chi connectivity index (χ1) is 19.5. The van der Waals surface area contributed by atoms with Gasteiger partial charge in [0.25, 0.3) is 0 Å². The van der Waals surface area contributed by atoms with E-state index in [-0.39, 0.29) is 17.2 Å². The normalized spacial score (nSPS) is 22.3. The molecule has 0 radical (unpaired) electrons. The number of rotatable bonds is 7. The lowest BCUT2D eigenvalue weighted by atomic mass is 9.85. The molecule has 7 heteroatoms. The molecular formula is C34H53FN4O2. The molecule has 0 amide bonds. The van der Waals surface area contributed by atoms with Gasteiger partial charge in [0.15, 0.2) is 0 Å². The third-order valence-corrected chi connectivity index (χ3v) is 9.48. The molecule has 3 fully saturated rings. The molecule has 6 nitrogen and oxygen atoms in total. The fraction of sp³-hybridized carbons (Fsp3) is 0.706. The summed E-state index contributed by atoms with van der Waals surface area (Å²) in [4.78, 5) is 16.0. The molecule has 1 N–H and O–H groups in total. The number of halogens is 1. The minimum absolute atomic E-state index is 0.217. The molecule has 2 aliphatic heterocycles. The number of carbonyl (C=O) groups is 1. The number of benzene rings is 1. The van der Waals surface area contributed by atoms with Crippen molar-refractivity contribution < 1.29 is 14.3 Å². The molecule has 2 unspecified atom stereocenters. The second kappa shape index (κ2) is 14.3. The molecule has 1 aromatic heterocycles. The number of piperidine rings is 1. The Labute approximate surface area is 247 Å². The summed E-state index contributed by atoms with van der Waals surface area (Å²) in [6.45, 7) is 13.0. The van der Waals surface area contributed by atoms with Gasteiger partial charge in [-0.1, -0.05) is 65.0 Å². The lowest BCUT2D eigenvalue weighted by molar-refractivity contribution is -0.147. The molecular weight excluding hydrogens is 515 g/mol. The number of likely N-dealkylation sites (tertiary alicyclic amines) is 2. The largest absolute Gasteiger partial charge is 0.480 e. The number of aryl methyl sites for hydroxylation is 1. The van der Waals surface area contributed by atoms with E-state index in [1.807, 2.05) is 31.7 Å². The van der Waals surface area contributed by atoms with Crippen LogP contribution >= 0.6 is 0 Å². The number of aromatic nitrogens is 2. The predicted molar refractivity (Wildman–Crippen MR) is 164 cm³/mol. The standard InChI is InChI=1S/C18H31N3.C16H22FNO2/c1-3-21-18(16-9-11-20(2)12-10-16)14-17(19-21)13-15-7-5-4-6-8-15;1-16(2,3)14(15(19)20)18-8-7-12(10-18)11-5-4-6-13(17)9-11/h14-16H,3-13H2,1-2H3;4-6,9,12,14H,7-8,10H2,1-3H3,(H,19,20). The molecule has 1 saturated carbocycles. The van der Waals surface area contributed by atoms with Gasteiger partial charge in [-0.05, 0) is 100 Å². The maximum Gasteiger partial charge on any atom is 0.321 e. The van der Waals surface area contributed by atoms with E-state index in [9.17, 15) is 14.3 Å². The molecule has 5 rings (SSSR count). The molecule has 1 aromatic carbocycles. The van der Waals surface area contributed by atoms with Crippen LogP contribution in [0, 0.1) is 17.2 Å². The zero-order valence-electron chi connectivity index (χ0n) is 26.1. The Morgan fingerprint density at radius 3 is 2.32 bits per heavy atom. The van der Waals surface area contributed by atoms with Gasteiger partial charge in [-0.2, -0.15) is 5.10 Å². The zero-order chi connectivity index (χ0) is 29.6. The first kappa shape index (κ1) is 31.7. The third kappa shape index (κ3) is 8.63. The number of aliphatic carboxylic acids is 1. The van der Waals surface area contributed by atoms with E-state index >= 15 is 0 Å². The van der Waals surface area contributed by atoms with E-state index < -0.39 is 12.0 Å². The Hall–Kier alpha value is -2.25. The van der Waals surface area contributed by atoms with Crippen LogP contribution in [-0.4, -0.2) is 69.9 Å². The molecule has 0 bridgehead atoms. The van der Waals surface area contributed by atoms with E-state index in [0.717, 1.165) is 36.9 Å². The van der Waals surface area contributed by atoms with Crippen molar-refractivity contribution in [1.29, 1.82) is 0 Å². The highest BCUT2D eigenvalue weighted by Crippen LogP contribution is 2.34. The smallest absolute Gasteiger partial charge is 0.321 e. The minimum atomic E-state index is -0.780. The Bertz CT molecular complexity index is 1110. The van der Waals surface area contributed by atoms with Gasteiger partial charge < -0.3 is 10.0 Å².